The minimum atomic E-state index is -1.11. The Balaban J connectivity index is 2.14. The van der Waals surface area contributed by atoms with Crippen molar-refractivity contribution in [2.75, 3.05) is 20.3 Å². The molecule has 0 aliphatic rings. The predicted molar refractivity (Wildman–Crippen MR) is 101 cm³/mol. The minimum absolute atomic E-state index is 0.0302. The highest BCUT2D eigenvalue weighted by Gasteiger charge is 2.17. The van der Waals surface area contributed by atoms with Crippen molar-refractivity contribution in [2.24, 2.45) is 0 Å². The van der Waals surface area contributed by atoms with Crippen LogP contribution in [0.1, 0.15) is 18.2 Å². The third-order valence-corrected chi connectivity index (χ3v) is 3.82. The van der Waals surface area contributed by atoms with E-state index in [1.54, 1.807) is 0 Å². The zero-order valence-corrected chi connectivity index (χ0v) is 15.4. The van der Waals surface area contributed by atoms with E-state index in [2.05, 4.69) is 16.8 Å². The fourth-order valence-corrected chi connectivity index (χ4v) is 2.33. The number of aliphatic hydroxyl groups is 2. The molecular formula is C18H19N3O8. The number of ether oxygens (including phenoxy) is 2. The lowest BCUT2D eigenvalue weighted by Crippen LogP contribution is -2.35. The molecule has 154 valence electrons. The lowest BCUT2D eigenvalue weighted by Gasteiger charge is -2.20. The van der Waals surface area contributed by atoms with Crippen molar-refractivity contribution in [3.05, 3.63) is 67.0 Å². The Morgan fingerprint density at radius 2 is 2.00 bits per heavy atom. The van der Waals surface area contributed by atoms with Crippen molar-refractivity contribution in [3.63, 3.8) is 0 Å². The molecule has 2 aromatic rings. The Morgan fingerprint density at radius 3 is 2.59 bits per heavy atom. The van der Waals surface area contributed by atoms with Gasteiger partial charge in [0, 0.05) is 31.9 Å². The predicted octanol–water partition coefficient (Wildman–Crippen LogP) is -0.236. The van der Waals surface area contributed by atoms with Gasteiger partial charge in [-0.3, -0.25) is 24.5 Å². The molecule has 0 fully saturated rings. The van der Waals surface area contributed by atoms with Crippen molar-refractivity contribution in [2.45, 2.75) is 18.8 Å². The summed E-state index contributed by atoms with van der Waals surface area (Å²) in [4.78, 5) is 36.1. The standard InChI is InChI=1S/C18H19N3O8/c1-28-16(9-14(23)11-22)20-10-12(17(24)19-18(20)25)3-2-8-29-15-6-4-13(5-7-15)21(26)27/h4-7,10,14,16,22-23H,8-9,11H2,1H3,(H,19,24,25). The van der Waals surface area contributed by atoms with Crippen LogP contribution in [0.15, 0.2) is 40.1 Å². The Hall–Kier alpha value is -3.46. The topological polar surface area (TPSA) is 157 Å². The van der Waals surface area contributed by atoms with Crippen molar-refractivity contribution in [3.8, 4) is 17.6 Å². The number of nitrogens with zero attached hydrogens (tertiary/aromatic N) is 2. The van der Waals surface area contributed by atoms with Crippen molar-refractivity contribution in [1.29, 1.82) is 0 Å². The summed E-state index contributed by atoms with van der Waals surface area (Å²) in [5, 5.41) is 29.1. The SMILES string of the molecule is COC(CC(O)CO)n1cc(C#CCOc2ccc([N+](=O)[O-])cc2)c(=O)[nH]c1=O. The monoisotopic (exact) mass is 405 g/mol. The molecule has 0 amide bonds. The molecule has 1 aromatic heterocycles. The van der Waals surface area contributed by atoms with E-state index in [1.807, 2.05) is 0 Å². The molecule has 0 aliphatic heterocycles. The summed E-state index contributed by atoms with van der Waals surface area (Å²) >= 11 is 0. The zero-order chi connectivity index (χ0) is 21.4. The average Bonchev–Trinajstić information content (AvgIpc) is 2.71. The number of hydrogen-bond donors (Lipinski definition) is 3. The van der Waals surface area contributed by atoms with Crippen LogP contribution in [0.2, 0.25) is 0 Å². The van der Waals surface area contributed by atoms with Gasteiger partial charge in [0.2, 0.25) is 0 Å². The first-order valence-electron chi connectivity index (χ1n) is 8.39. The Kier molecular flexibility index (Phi) is 7.67. The quantitative estimate of drug-likeness (QED) is 0.309. The van der Waals surface area contributed by atoms with Gasteiger partial charge in [0.25, 0.3) is 11.2 Å². The van der Waals surface area contributed by atoms with Crippen LogP contribution >= 0.6 is 0 Å². The normalized spacial score (nSPS) is 12.5. The van der Waals surface area contributed by atoms with Crippen LogP contribution in [0.4, 0.5) is 5.69 Å². The highest BCUT2D eigenvalue weighted by Crippen LogP contribution is 2.17. The van der Waals surface area contributed by atoms with E-state index in [0.29, 0.717) is 5.75 Å². The highest BCUT2D eigenvalue weighted by molar-refractivity contribution is 5.36. The van der Waals surface area contributed by atoms with Crippen LogP contribution in [0.25, 0.3) is 0 Å². The summed E-state index contributed by atoms with van der Waals surface area (Å²) in [5.41, 5.74) is -1.56. The second-order valence-corrected chi connectivity index (χ2v) is 5.81. The molecule has 0 saturated heterocycles. The number of non-ortho nitro benzene ring substituents is 1. The van der Waals surface area contributed by atoms with E-state index in [0.717, 1.165) is 4.57 Å². The van der Waals surface area contributed by atoms with Gasteiger partial charge in [-0.1, -0.05) is 11.8 Å². The number of aliphatic hydroxyl groups excluding tert-OH is 2. The maximum atomic E-state index is 12.0. The van der Waals surface area contributed by atoms with E-state index >= 15 is 0 Å². The Morgan fingerprint density at radius 1 is 1.31 bits per heavy atom. The Bertz CT molecular complexity index is 1020. The molecule has 0 saturated carbocycles. The molecule has 2 atom stereocenters. The molecule has 0 spiro atoms. The first-order valence-corrected chi connectivity index (χ1v) is 8.39. The molecule has 3 N–H and O–H groups in total. The molecule has 2 rings (SSSR count). The van der Waals surface area contributed by atoms with Crippen LogP contribution in [-0.4, -0.2) is 51.1 Å². The molecule has 11 nitrogen and oxygen atoms in total. The fraction of sp³-hybridized carbons (Fsp3) is 0.333. The number of nitro benzene ring substituents is 1. The number of methoxy groups -OCH3 is 1. The largest absolute Gasteiger partial charge is 0.481 e. The van der Waals surface area contributed by atoms with Gasteiger partial charge >= 0.3 is 5.69 Å². The summed E-state index contributed by atoms with van der Waals surface area (Å²) < 4.78 is 11.5. The number of benzene rings is 1. The smallest absolute Gasteiger partial charge is 0.330 e. The van der Waals surface area contributed by atoms with Crippen LogP contribution in [0.3, 0.4) is 0 Å². The van der Waals surface area contributed by atoms with Gasteiger partial charge in [-0.15, -0.1) is 0 Å². The van der Waals surface area contributed by atoms with Gasteiger partial charge in [-0.25, -0.2) is 4.79 Å². The van der Waals surface area contributed by atoms with Crippen LogP contribution < -0.4 is 16.0 Å². The number of aromatic amines is 1. The number of rotatable bonds is 8. The lowest BCUT2D eigenvalue weighted by atomic mass is 10.2. The molecule has 11 heteroatoms. The second kappa shape index (κ2) is 10.2. The van der Waals surface area contributed by atoms with E-state index in [4.69, 9.17) is 14.6 Å². The molecule has 2 unspecified atom stereocenters. The molecular weight excluding hydrogens is 386 g/mol. The molecule has 0 bridgehead atoms. The number of nitro groups is 1. The van der Waals surface area contributed by atoms with Gasteiger partial charge < -0.3 is 19.7 Å². The summed E-state index contributed by atoms with van der Waals surface area (Å²) in [6.45, 7) is -0.613. The van der Waals surface area contributed by atoms with Gasteiger partial charge in [0.1, 0.15) is 24.1 Å². The first kappa shape index (κ1) is 21.8. The molecule has 29 heavy (non-hydrogen) atoms. The number of aromatic nitrogens is 2. The lowest BCUT2D eigenvalue weighted by molar-refractivity contribution is -0.384. The van der Waals surface area contributed by atoms with Crippen molar-refractivity contribution < 1.29 is 24.6 Å². The van der Waals surface area contributed by atoms with Gasteiger partial charge in [-0.05, 0) is 12.1 Å². The zero-order valence-electron chi connectivity index (χ0n) is 15.4. The van der Waals surface area contributed by atoms with Gasteiger partial charge in [0.05, 0.1) is 17.6 Å². The van der Waals surface area contributed by atoms with Gasteiger partial charge in [-0.2, -0.15) is 0 Å². The third kappa shape index (κ3) is 6.01. The third-order valence-electron chi connectivity index (χ3n) is 3.82. The van der Waals surface area contributed by atoms with Crippen molar-refractivity contribution >= 4 is 5.69 Å². The molecule has 0 aliphatic carbocycles. The van der Waals surface area contributed by atoms with E-state index in [9.17, 15) is 24.8 Å². The highest BCUT2D eigenvalue weighted by atomic mass is 16.6. The second-order valence-electron chi connectivity index (χ2n) is 5.81. The molecule has 1 aromatic carbocycles. The maximum absolute atomic E-state index is 12.0. The summed E-state index contributed by atoms with van der Waals surface area (Å²) in [7, 11) is 1.32. The summed E-state index contributed by atoms with van der Waals surface area (Å²) in [6, 6.07) is 5.41. The fourth-order valence-electron chi connectivity index (χ4n) is 2.33. The number of H-pyrrole nitrogens is 1. The Labute approximate surface area is 164 Å². The van der Waals surface area contributed by atoms with E-state index in [-0.39, 0.29) is 24.3 Å². The first-order chi connectivity index (χ1) is 13.8. The van der Waals surface area contributed by atoms with Crippen LogP contribution in [-0.2, 0) is 4.74 Å². The van der Waals surface area contributed by atoms with Crippen LogP contribution in [0, 0.1) is 22.0 Å². The maximum Gasteiger partial charge on any atom is 0.330 e. The summed E-state index contributed by atoms with van der Waals surface area (Å²) in [5.74, 6) is 5.55. The van der Waals surface area contributed by atoms with Crippen LogP contribution in [0.5, 0.6) is 5.75 Å². The average molecular weight is 405 g/mol. The molecule has 0 radical (unpaired) electrons. The minimum Gasteiger partial charge on any atom is -0.481 e. The van der Waals surface area contributed by atoms with Gasteiger partial charge in [0.15, 0.2) is 0 Å². The van der Waals surface area contributed by atoms with E-state index < -0.39 is 35.1 Å². The summed E-state index contributed by atoms with van der Waals surface area (Å²) in [6.07, 6.45) is -0.908. The number of nitrogens with one attached hydrogen (secondary N) is 1. The van der Waals surface area contributed by atoms with E-state index in [1.165, 1.54) is 37.6 Å². The van der Waals surface area contributed by atoms with Crippen molar-refractivity contribution in [1.82, 2.24) is 9.55 Å². The molecule has 1 heterocycles. The number of hydrogen-bond acceptors (Lipinski definition) is 8.